The number of hydrogen-bond acceptors (Lipinski definition) is 2. The molecule has 2 rings (SSSR count). The van der Waals surface area contributed by atoms with Gasteiger partial charge in [-0.1, -0.05) is 30.4 Å². The van der Waals surface area contributed by atoms with E-state index in [4.69, 9.17) is 0 Å². The lowest BCUT2D eigenvalue weighted by atomic mass is 10.1. The molecule has 0 unspecified atom stereocenters. The van der Waals surface area contributed by atoms with Gasteiger partial charge in [-0.15, -0.1) is 0 Å². The van der Waals surface area contributed by atoms with E-state index in [0.717, 1.165) is 5.56 Å². The van der Waals surface area contributed by atoms with Gasteiger partial charge in [0.1, 0.15) is 5.82 Å². The molecule has 1 heterocycles. The fraction of sp³-hybridized carbons (Fsp3) is 0. The summed E-state index contributed by atoms with van der Waals surface area (Å²) in [4.78, 5) is 0. The maximum atomic E-state index is 13.2. The van der Waals surface area contributed by atoms with Gasteiger partial charge in [0, 0.05) is 5.56 Å². The van der Waals surface area contributed by atoms with Crippen LogP contribution in [0.2, 0.25) is 0 Å². The highest BCUT2D eigenvalue weighted by Gasteiger charge is 1.94. The van der Waals surface area contributed by atoms with Crippen molar-refractivity contribution < 1.29 is 4.39 Å². The molecular weight excluding hydrogens is 191 g/mol. The zero-order valence-electron chi connectivity index (χ0n) is 7.97. The van der Waals surface area contributed by atoms with Gasteiger partial charge < -0.3 is 0 Å². The van der Waals surface area contributed by atoms with E-state index >= 15 is 0 Å². The molecule has 0 atom stereocenters. The minimum Gasteiger partial charge on any atom is -0.206 e. The van der Waals surface area contributed by atoms with Crippen molar-refractivity contribution in [3.8, 4) is 0 Å². The van der Waals surface area contributed by atoms with Crippen molar-refractivity contribution in [3.63, 3.8) is 0 Å². The molecule has 74 valence electrons. The first kappa shape index (κ1) is 9.52. The lowest BCUT2D eigenvalue weighted by Crippen LogP contribution is -1.81. The van der Waals surface area contributed by atoms with Crippen LogP contribution in [-0.2, 0) is 0 Å². The topological polar surface area (TPSA) is 25.8 Å². The quantitative estimate of drug-likeness (QED) is 0.744. The van der Waals surface area contributed by atoms with Crippen LogP contribution in [-0.4, -0.2) is 10.2 Å². The standard InChI is InChI=1S/C12H9FN2/c13-12-4-2-1-3-11(12)6-5-10-7-8-14-15-9-10/h1-9H/b6-5+. The second-order valence-electron chi connectivity index (χ2n) is 3.03. The second-order valence-corrected chi connectivity index (χ2v) is 3.03. The summed E-state index contributed by atoms with van der Waals surface area (Å²) in [6, 6.07) is 8.43. The Morgan fingerprint density at radius 3 is 2.60 bits per heavy atom. The average Bonchev–Trinajstić information content (AvgIpc) is 2.29. The van der Waals surface area contributed by atoms with Crippen LogP contribution in [0.5, 0.6) is 0 Å². The SMILES string of the molecule is Fc1ccccc1/C=C/c1ccnnc1. The zero-order valence-corrected chi connectivity index (χ0v) is 7.97. The monoisotopic (exact) mass is 200 g/mol. The number of halogens is 1. The van der Waals surface area contributed by atoms with E-state index in [1.165, 1.54) is 6.07 Å². The third kappa shape index (κ3) is 2.47. The summed E-state index contributed by atoms with van der Waals surface area (Å²) in [6.45, 7) is 0. The highest BCUT2D eigenvalue weighted by molar-refractivity contribution is 5.69. The highest BCUT2D eigenvalue weighted by Crippen LogP contribution is 2.10. The van der Waals surface area contributed by atoms with Crippen LogP contribution in [0.15, 0.2) is 42.7 Å². The van der Waals surface area contributed by atoms with Gasteiger partial charge in [0.25, 0.3) is 0 Å². The summed E-state index contributed by atoms with van der Waals surface area (Å²) in [5.41, 5.74) is 1.46. The minimum atomic E-state index is -0.226. The zero-order chi connectivity index (χ0) is 10.5. The molecule has 0 amide bonds. The van der Waals surface area contributed by atoms with E-state index in [1.54, 1.807) is 42.7 Å². The van der Waals surface area contributed by atoms with Crippen LogP contribution in [0.1, 0.15) is 11.1 Å². The summed E-state index contributed by atoms with van der Waals surface area (Å²) in [5, 5.41) is 7.38. The molecule has 0 aliphatic rings. The van der Waals surface area contributed by atoms with Crippen molar-refractivity contribution in [2.75, 3.05) is 0 Å². The van der Waals surface area contributed by atoms with E-state index in [9.17, 15) is 4.39 Å². The first-order valence-corrected chi connectivity index (χ1v) is 4.55. The third-order valence-corrected chi connectivity index (χ3v) is 1.97. The first-order chi connectivity index (χ1) is 7.36. The molecule has 0 saturated heterocycles. The van der Waals surface area contributed by atoms with Gasteiger partial charge >= 0.3 is 0 Å². The van der Waals surface area contributed by atoms with Crippen LogP contribution in [0.4, 0.5) is 4.39 Å². The molecule has 0 aliphatic heterocycles. The number of rotatable bonds is 2. The Morgan fingerprint density at radius 1 is 1.00 bits per heavy atom. The maximum Gasteiger partial charge on any atom is 0.130 e. The Labute approximate surface area is 87.1 Å². The first-order valence-electron chi connectivity index (χ1n) is 4.55. The highest BCUT2D eigenvalue weighted by atomic mass is 19.1. The Morgan fingerprint density at radius 2 is 1.87 bits per heavy atom. The van der Waals surface area contributed by atoms with Gasteiger partial charge in [0.15, 0.2) is 0 Å². The van der Waals surface area contributed by atoms with Crippen molar-refractivity contribution in [2.24, 2.45) is 0 Å². The molecule has 2 aromatic rings. The molecule has 1 aromatic carbocycles. The van der Waals surface area contributed by atoms with E-state index in [1.807, 2.05) is 6.07 Å². The van der Waals surface area contributed by atoms with Crippen LogP contribution < -0.4 is 0 Å². The molecule has 0 radical (unpaired) electrons. The van der Waals surface area contributed by atoms with Crippen LogP contribution in [0.3, 0.4) is 0 Å². The lowest BCUT2D eigenvalue weighted by molar-refractivity contribution is 0.625. The van der Waals surface area contributed by atoms with Gasteiger partial charge in [-0.25, -0.2) is 4.39 Å². The predicted octanol–water partition coefficient (Wildman–Crippen LogP) is 2.79. The van der Waals surface area contributed by atoms with E-state index in [-0.39, 0.29) is 5.82 Å². The predicted molar refractivity (Wildman–Crippen MR) is 57.4 cm³/mol. The number of benzene rings is 1. The summed E-state index contributed by atoms with van der Waals surface area (Å²) in [5.74, 6) is -0.226. The van der Waals surface area contributed by atoms with Crippen molar-refractivity contribution in [1.29, 1.82) is 0 Å². The summed E-state index contributed by atoms with van der Waals surface area (Å²) >= 11 is 0. The summed E-state index contributed by atoms with van der Waals surface area (Å²) in [6.07, 6.45) is 6.73. The van der Waals surface area contributed by atoms with Crippen molar-refractivity contribution in [1.82, 2.24) is 10.2 Å². The minimum absolute atomic E-state index is 0.226. The van der Waals surface area contributed by atoms with Crippen LogP contribution in [0.25, 0.3) is 12.2 Å². The van der Waals surface area contributed by atoms with E-state index in [0.29, 0.717) is 5.56 Å². The fourth-order valence-corrected chi connectivity index (χ4v) is 1.20. The van der Waals surface area contributed by atoms with Gasteiger partial charge in [0.05, 0.1) is 12.4 Å². The Hall–Kier alpha value is -2.03. The molecule has 0 saturated carbocycles. The van der Waals surface area contributed by atoms with Crippen molar-refractivity contribution in [2.45, 2.75) is 0 Å². The van der Waals surface area contributed by atoms with Gasteiger partial charge in [-0.3, -0.25) is 0 Å². The maximum absolute atomic E-state index is 13.2. The molecule has 0 bridgehead atoms. The van der Waals surface area contributed by atoms with E-state index in [2.05, 4.69) is 10.2 Å². The largest absolute Gasteiger partial charge is 0.206 e. The van der Waals surface area contributed by atoms with Crippen molar-refractivity contribution in [3.05, 3.63) is 59.7 Å². The number of aromatic nitrogens is 2. The molecule has 15 heavy (non-hydrogen) atoms. The average molecular weight is 200 g/mol. The molecule has 0 aliphatic carbocycles. The molecular formula is C12H9FN2. The Kier molecular flexibility index (Phi) is 2.83. The second kappa shape index (κ2) is 4.46. The lowest BCUT2D eigenvalue weighted by Gasteiger charge is -1.95. The smallest absolute Gasteiger partial charge is 0.130 e. The summed E-state index contributed by atoms with van der Waals surface area (Å²) in [7, 11) is 0. The van der Waals surface area contributed by atoms with Crippen LogP contribution >= 0.6 is 0 Å². The molecule has 2 nitrogen and oxygen atoms in total. The fourth-order valence-electron chi connectivity index (χ4n) is 1.20. The number of nitrogens with zero attached hydrogens (tertiary/aromatic N) is 2. The molecule has 3 heteroatoms. The van der Waals surface area contributed by atoms with Gasteiger partial charge in [-0.2, -0.15) is 10.2 Å². The van der Waals surface area contributed by atoms with Gasteiger partial charge in [-0.05, 0) is 17.7 Å². The van der Waals surface area contributed by atoms with Crippen molar-refractivity contribution >= 4 is 12.2 Å². The normalized spacial score (nSPS) is 10.7. The Balaban J connectivity index is 2.23. The molecule has 1 aromatic heterocycles. The van der Waals surface area contributed by atoms with E-state index < -0.39 is 0 Å². The molecule has 0 spiro atoms. The summed E-state index contributed by atoms with van der Waals surface area (Å²) < 4.78 is 13.2. The molecule has 0 N–H and O–H groups in total. The third-order valence-electron chi connectivity index (χ3n) is 1.97. The van der Waals surface area contributed by atoms with Gasteiger partial charge in [0.2, 0.25) is 0 Å². The Bertz CT molecular complexity index is 466. The van der Waals surface area contributed by atoms with Crippen LogP contribution in [0, 0.1) is 5.82 Å². The molecule has 0 fully saturated rings. The number of hydrogen-bond donors (Lipinski definition) is 0.